The van der Waals surface area contributed by atoms with Gasteiger partial charge in [0.1, 0.15) is 23.6 Å². The summed E-state index contributed by atoms with van der Waals surface area (Å²) in [4.78, 5) is 21.6. The van der Waals surface area contributed by atoms with Gasteiger partial charge in [-0.15, -0.1) is 5.10 Å². The molecule has 0 aliphatic carbocycles. The highest BCUT2D eigenvalue weighted by Crippen LogP contribution is 2.37. The van der Waals surface area contributed by atoms with E-state index in [0.29, 0.717) is 47.6 Å². The summed E-state index contributed by atoms with van der Waals surface area (Å²) in [6.45, 7) is 2.03. The molecular formula is C21H22ClN5O6S. The molecule has 0 bridgehead atoms. The van der Waals surface area contributed by atoms with Crippen molar-refractivity contribution in [3.05, 3.63) is 40.9 Å². The number of hydrogen-bond acceptors (Lipinski definition) is 11. The summed E-state index contributed by atoms with van der Waals surface area (Å²) in [7, 11) is 3.05. The van der Waals surface area contributed by atoms with Gasteiger partial charge in [-0.25, -0.2) is 4.98 Å². The summed E-state index contributed by atoms with van der Waals surface area (Å²) in [6, 6.07) is 3.37. The molecule has 3 aromatic rings. The van der Waals surface area contributed by atoms with Gasteiger partial charge < -0.3 is 23.7 Å². The fraction of sp³-hybridized carbons (Fsp3) is 0.381. The van der Waals surface area contributed by atoms with Crippen molar-refractivity contribution in [2.75, 3.05) is 46.0 Å². The topological polar surface area (TPSA) is 127 Å². The molecule has 0 radical (unpaired) electrons. The molecule has 1 saturated heterocycles. The van der Waals surface area contributed by atoms with Crippen LogP contribution < -0.4 is 14.8 Å². The number of anilines is 1. The van der Waals surface area contributed by atoms with Gasteiger partial charge >= 0.3 is 0 Å². The maximum atomic E-state index is 13.2. The number of carbonyl (C=O) groups excluding carboxylic acids is 1. The maximum absolute atomic E-state index is 13.2. The van der Waals surface area contributed by atoms with Gasteiger partial charge in [-0.2, -0.15) is 0 Å². The molecule has 0 saturated carbocycles. The average Bonchev–Trinajstić information content (AvgIpc) is 3.30. The zero-order chi connectivity index (χ0) is 23.9. The monoisotopic (exact) mass is 507 g/mol. The third kappa shape index (κ3) is 5.77. The number of carbonyl (C=O) groups is 1. The lowest BCUT2D eigenvalue weighted by Gasteiger charge is -2.22. The molecule has 4 heterocycles. The van der Waals surface area contributed by atoms with E-state index in [1.165, 1.54) is 13.3 Å². The minimum Gasteiger partial charge on any atom is -0.494 e. The first kappa shape index (κ1) is 24.2. The molecule has 4 rings (SSSR count). The van der Waals surface area contributed by atoms with Gasteiger partial charge in [0.2, 0.25) is 5.13 Å². The highest BCUT2D eigenvalue weighted by molar-refractivity contribution is 7.17. The van der Waals surface area contributed by atoms with Crippen LogP contribution in [-0.2, 0) is 20.8 Å². The number of nitrogens with one attached hydrogen (secondary N) is 1. The minimum absolute atomic E-state index is 0.172. The van der Waals surface area contributed by atoms with E-state index in [0.717, 1.165) is 11.3 Å². The van der Waals surface area contributed by atoms with Crippen LogP contribution in [0.3, 0.4) is 0 Å². The third-order valence-corrected chi connectivity index (χ3v) is 5.72. The third-order valence-electron chi connectivity index (χ3n) is 4.76. The van der Waals surface area contributed by atoms with Crippen molar-refractivity contribution in [1.29, 1.82) is 0 Å². The molecule has 1 amide bonds. The number of nitrogens with zero attached hydrogens (tertiary/aromatic N) is 4. The van der Waals surface area contributed by atoms with Crippen LogP contribution in [0.5, 0.6) is 10.9 Å². The zero-order valence-electron chi connectivity index (χ0n) is 18.4. The van der Waals surface area contributed by atoms with Crippen molar-refractivity contribution >= 4 is 34.0 Å². The number of rotatable bonds is 9. The second-order valence-electron chi connectivity index (χ2n) is 7.03. The molecule has 1 fully saturated rings. The van der Waals surface area contributed by atoms with Crippen molar-refractivity contribution in [3.63, 3.8) is 0 Å². The molecule has 0 spiro atoms. The van der Waals surface area contributed by atoms with Gasteiger partial charge in [-0.05, 0) is 29.0 Å². The molecule has 180 valence electrons. The standard InChI is InChI=1S/C21H22ClN5O6S/c1-29-11-15-18(30-2)17(12-3-4-23-16(22)7-12)14(8-24-15)19(28)25-20-26-27-21(34-20)33-10-13-9-31-5-6-32-13/h3-4,7-8,13H,5-6,9-11H2,1-2H3,(H,25,26,28)/t13-/m0/s1. The number of halogens is 1. The van der Waals surface area contributed by atoms with Crippen LogP contribution in [0.15, 0.2) is 24.5 Å². The largest absolute Gasteiger partial charge is 0.494 e. The Morgan fingerprint density at radius 1 is 1.29 bits per heavy atom. The lowest BCUT2D eigenvalue weighted by molar-refractivity contribution is -0.101. The fourth-order valence-corrected chi connectivity index (χ4v) is 4.06. The van der Waals surface area contributed by atoms with E-state index in [1.54, 1.807) is 25.4 Å². The molecular weight excluding hydrogens is 486 g/mol. The highest BCUT2D eigenvalue weighted by atomic mass is 35.5. The van der Waals surface area contributed by atoms with Gasteiger partial charge in [0.25, 0.3) is 11.1 Å². The Balaban J connectivity index is 1.56. The zero-order valence-corrected chi connectivity index (χ0v) is 20.0. The number of aromatic nitrogens is 4. The first-order chi connectivity index (χ1) is 16.6. The van der Waals surface area contributed by atoms with Gasteiger partial charge in [-0.1, -0.05) is 16.7 Å². The molecule has 1 atom stereocenters. The van der Waals surface area contributed by atoms with Crippen molar-refractivity contribution in [3.8, 4) is 22.1 Å². The number of amides is 1. The number of ether oxygens (including phenoxy) is 5. The molecule has 1 aliphatic heterocycles. The predicted octanol–water partition coefficient (Wildman–Crippen LogP) is 2.85. The average molecular weight is 508 g/mol. The molecule has 34 heavy (non-hydrogen) atoms. The van der Waals surface area contributed by atoms with E-state index in [-0.39, 0.29) is 35.2 Å². The first-order valence-corrected chi connectivity index (χ1v) is 11.4. The Morgan fingerprint density at radius 2 is 2.18 bits per heavy atom. The van der Waals surface area contributed by atoms with Gasteiger partial charge in [0, 0.05) is 25.1 Å². The molecule has 1 aliphatic rings. The lowest BCUT2D eigenvalue weighted by Crippen LogP contribution is -2.33. The number of pyridine rings is 2. The SMILES string of the molecule is COCc1ncc(C(=O)Nc2nnc(OC[C@@H]3COCCO3)s2)c(-c2ccnc(Cl)c2)c1OC. The van der Waals surface area contributed by atoms with Crippen molar-refractivity contribution in [2.24, 2.45) is 0 Å². The quantitative estimate of drug-likeness (QED) is 0.432. The highest BCUT2D eigenvalue weighted by Gasteiger charge is 2.23. The van der Waals surface area contributed by atoms with Crippen LogP contribution in [0.4, 0.5) is 5.13 Å². The van der Waals surface area contributed by atoms with Crippen LogP contribution in [-0.4, -0.2) is 72.8 Å². The van der Waals surface area contributed by atoms with Crippen LogP contribution in [0, 0.1) is 0 Å². The Hall–Kier alpha value is -2.90. The van der Waals surface area contributed by atoms with Crippen molar-refractivity contribution < 1.29 is 28.5 Å². The summed E-state index contributed by atoms with van der Waals surface area (Å²) >= 11 is 7.20. The van der Waals surface area contributed by atoms with Crippen LogP contribution in [0.2, 0.25) is 5.15 Å². The van der Waals surface area contributed by atoms with E-state index in [9.17, 15) is 4.79 Å². The second-order valence-corrected chi connectivity index (χ2v) is 8.36. The molecule has 13 heteroatoms. The Morgan fingerprint density at radius 3 is 2.91 bits per heavy atom. The molecule has 11 nitrogen and oxygen atoms in total. The fourth-order valence-electron chi connectivity index (χ4n) is 3.29. The molecule has 0 unspecified atom stereocenters. The molecule has 0 aromatic carbocycles. The lowest BCUT2D eigenvalue weighted by atomic mass is 9.99. The Kier molecular flexibility index (Phi) is 8.19. The van der Waals surface area contributed by atoms with Gasteiger partial charge in [-0.3, -0.25) is 15.1 Å². The van der Waals surface area contributed by atoms with E-state index >= 15 is 0 Å². The minimum atomic E-state index is -0.454. The molecule has 3 aromatic heterocycles. The predicted molar refractivity (Wildman–Crippen MR) is 124 cm³/mol. The van der Waals surface area contributed by atoms with Crippen molar-refractivity contribution in [2.45, 2.75) is 12.7 Å². The molecule has 1 N–H and O–H groups in total. The van der Waals surface area contributed by atoms with Gasteiger partial charge in [0.05, 0.1) is 39.1 Å². The summed E-state index contributed by atoms with van der Waals surface area (Å²) < 4.78 is 27.3. The Labute approximate surface area is 204 Å². The van der Waals surface area contributed by atoms with E-state index in [2.05, 4.69) is 25.5 Å². The first-order valence-electron chi connectivity index (χ1n) is 10.2. The van der Waals surface area contributed by atoms with Crippen LogP contribution in [0.1, 0.15) is 16.1 Å². The summed E-state index contributed by atoms with van der Waals surface area (Å²) in [6.07, 6.45) is 2.83. The van der Waals surface area contributed by atoms with E-state index in [4.69, 9.17) is 35.3 Å². The summed E-state index contributed by atoms with van der Waals surface area (Å²) in [5.41, 5.74) is 1.92. The second kappa shape index (κ2) is 11.5. The summed E-state index contributed by atoms with van der Waals surface area (Å²) in [5, 5.41) is 11.5. The van der Waals surface area contributed by atoms with E-state index in [1.807, 2.05) is 0 Å². The normalized spacial score (nSPS) is 15.7. The van der Waals surface area contributed by atoms with E-state index < -0.39 is 5.91 Å². The number of methoxy groups -OCH3 is 2. The van der Waals surface area contributed by atoms with Gasteiger partial charge in [0.15, 0.2) is 5.75 Å². The Bertz CT molecular complexity index is 1140. The summed E-state index contributed by atoms with van der Waals surface area (Å²) in [5.74, 6) is -0.0582. The van der Waals surface area contributed by atoms with Crippen molar-refractivity contribution in [1.82, 2.24) is 20.2 Å². The van der Waals surface area contributed by atoms with Crippen LogP contribution >= 0.6 is 22.9 Å². The smallest absolute Gasteiger partial charge is 0.295 e. The van der Waals surface area contributed by atoms with Crippen LogP contribution in [0.25, 0.3) is 11.1 Å². The maximum Gasteiger partial charge on any atom is 0.295 e. The number of hydrogen-bond donors (Lipinski definition) is 1.